The minimum absolute atomic E-state index is 0. The van der Waals surface area contributed by atoms with Crippen LogP contribution in [0.1, 0.15) is 27.7 Å². The fourth-order valence-electron chi connectivity index (χ4n) is 1.36. The van der Waals surface area contributed by atoms with Crippen molar-refractivity contribution in [3.8, 4) is 0 Å². The molecule has 1 aromatic rings. The summed E-state index contributed by atoms with van der Waals surface area (Å²) in [5, 5.41) is 2.79. The van der Waals surface area contributed by atoms with Crippen molar-refractivity contribution in [1.29, 1.82) is 0 Å². The van der Waals surface area contributed by atoms with Crippen LogP contribution in [0.5, 0.6) is 0 Å². The number of rotatable bonds is 0. The van der Waals surface area contributed by atoms with Crippen LogP contribution in [-0.4, -0.2) is 0 Å². The summed E-state index contributed by atoms with van der Waals surface area (Å²) >= 11 is 0. The zero-order valence-electron chi connectivity index (χ0n) is 5.88. The maximum Gasteiger partial charge on any atom is -0.0227 e. The summed E-state index contributed by atoms with van der Waals surface area (Å²) in [6.45, 7) is 0. The van der Waals surface area contributed by atoms with E-state index in [1.165, 1.54) is 23.3 Å². The highest BCUT2D eigenvalue weighted by Crippen LogP contribution is 1.93. The van der Waals surface area contributed by atoms with Crippen LogP contribution >= 0.6 is 0 Å². The average molecular weight is 162 g/mol. The summed E-state index contributed by atoms with van der Waals surface area (Å²) in [4.78, 5) is 0. The summed E-state index contributed by atoms with van der Waals surface area (Å²) in [6, 6.07) is 8.53. The van der Waals surface area contributed by atoms with Gasteiger partial charge in [0.1, 0.15) is 0 Å². The normalized spacial score (nSPS) is 12.3. The molecule has 1 aromatic carbocycles. The highest BCUT2D eigenvalue weighted by Gasteiger charge is 1.88. The molecule has 0 saturated carbocycles. The van der Waals surface area contributed by atoms with Gasteiger partial charge in [0.15, 0.2) is 0 Å². The molecule has 12 heavy (non-hydrogen) atoms. The van der Waals surface area contributed by atoms with E-state index in [1.807, 2.05) is 0 Å². The van der Waals surface area contributed by atoms with Crippen LogP contribution < -0.4 is 10.4 Å². The third kappa shape index (κ3) is 1.97. The summed E-state index contributed by atoms with van der Waals surface area (Å²) in [5.74, 6) is 0. The van der Waals surface area contributed by atoms with Gasteiger partial charge in [-0.2, -0.15) is 0 Å². The molecular weight excluding hydrogens is 144 g/mol. The maximum atomic E-state index is 2.30. The van der Waals surface area contributed by atoms with Crippen molar-refractivity contribution in [2.24, 2.45) is 0 Å². The quantitative estimate of drug-likeness (QED) is 0.549. The van der Waals surface area contributed by atoms with Gasteiger partial charge in [-0.15, -0.1) is 0 Å². The Balaban J connectivity index is 0.000000605. The van der Waals surface area contributed by atoms with Gasteiger partial charge in [0.2, 0.25) is 0 Å². The van der Waals surface area contributed by atoms with Crippen molar-refractivity contribution in [2.75, 3.05) is 0 Å². The van der Waals surface area contributed by atoms with Gasteiger partial charge in [-0.25, -0.2) is 0 Å². The predicted octanol–water partition coefficient (Wildman–Crippen LogP) is 2.31. The molecule has 0 spiro atoms. The van der Waals surface area contributed by atoms with Crippen LogP contribution in [0.15, 0.2) is 24.3 Å². The van der Waals surface area contributed by atoms with E-state index in [9.17, 15) is 0 Å². The Morgan fingerprint density at radius 2 is 1.17 bits per heavy atom. The van der Waals surface area contributed by atoms with Gasteiger partial charge < -0.3 is 0 Å². The molecular formula is C12H18. The second-order valence-electron chi connectivity index (χ2n) is 2.61. The number of hydrogen-bond acceptors (Lipinski definition) is 0. The largest absolute Gasteiger partial charge is 0.0776 e. The first-order valence-electron chi connectivity index (χ1n) is 3.72. The van der Waals surface area contributed by atoms with Gasteiger partial charge in [0, 0.05) is 0 Å². The topological polar surface area (TPSA) is 0 Å². The van der Waals surface area contributed by atoms with Gasteiger partial charge in [0.05, 0.1) is 0 Å². The van der Waals surface area contributed by atoms with E-state index in [-0.39, 0.29) is 14.9 Å². The fraction of sp³-hybridized carbons (Fsp3) is 0.333. The zero-order valence-corrected chi connectivity index (χ0v) is 5.88. The van der Waals surface area contributed by atoms with Crippen LogP contribution in [0.4, 0.5) is 0 Å². The molecule has 0 nitrogen and oxygen atoms in total. The molecule has 0 N–H and O–H groups in total. The molecule has 0 fully saturated rings. The molecule has 0 saturated heterocycles. The second kappa shape index (κ2) is 4.76. The van der Waals surface area contributed by atoms with Crippen LogP contribution in [0.2, 0.25) is 0 Å². The summed E-state index contributed by atoms with van der Waals surface area (Å²) in [6.07, 6.45) is 7.01. The van der Waals surface area contributed by atoms with E-state index in [0.29, 0.717) is 0 Å². The Bertz CT molecular complexity index is 298. The molecule has 66 valence electrons. The van der Waals surface area contributed by atoms with Crippen molar-refractivity contribution in [3.05, 3.63) is 34.7 Å². The molecule has 0 heterocycles. The van der Waals surface area contributed by atoms with Crippen molar-refractivity contribution < 1.29 is 0 Å². The minimum Gasteiger partial charge on any atom is -0.0776 e. The Kier molecular flexibility index (Phi) is 4.35. The predicted molar refractivity (Wildman–Crippen MR) is 57.3 cm³/mol. The third-order valence-electron chi connectivity index (χ3n) is 1.89. The first-order valence-corrected chi connectivity index (χ1v) is 3.72. The molecule has 0 aliphatic heterocycles. The number of hydrogen-bond donors (Lipinski definition) is 0. The van der Waals surface area contributed by atoms with Crippen LogP contribution in [0, 0.1) is 0 Å². The second-order valence-corrected chi connectivity index (χ2v) is 2.61. The molecule has 0 amide bonds. The van der Waals surface area contributed by atoms with Gasteiger partial charge >= 0.3 is 0 Å². The molecule has 0 radical (unpaired) electrons. The maximum absolute atomic E-state index is 2.30. The van der Waals surface area contributed by atoms with Crippen molar-refractivity contribution in [1.82, 2.24) is 0 Å². The van der Waals surface area contributed by atoms with Gasteiger partial charge in [-0.05, 0) is 23.3 Å². The molecule has 1 aliphatic carbocycles. The molecule has 0 aromatic heterocycles. The SMILES string of the molecule is C.C.C1=c2ccccc2=CCC1. The lowest BCUT2D eigenvalue weighted by Crippen LogP contribution is -2.25. The monoisotopic (exact) mass is 162 g/mol. The molecule has 0 atom stereocenters. The Hall–Kier alpha value is -1.04. The van der Waals surface area contributed by atoms with Gasteiger partial charge in [0.25, 0.3) is 0 Å². The van der Waals surface area contributed by atoms with E-state index in [2.05, 4.69) is 36.4 Å². The van der Waals surface area contributed by atoms with E-state index in [0.717, 1.165) is 0 Å². The first-order chi connectivity index (χ1) is 4.97. The number of benzene rings is 1. The summed E-state index contributed by atoms with van der Waals surface area (Å²) < 4.78 is 0. The fourth-order valence-corrected chi connectivity index (χ4v) is 1.36. The molecule has 0 unspecified atom stereocenters. The zero-order chi connectivity index (χ0) is 6.81. The van der Waals surface area contributed by atoms with Crippen LogP contribution in [-0.2, 0) is 0 Å². The average Bonchev–Trinajstić information content (AvgIpc) is 2.05. The highest BCUT2D eigenvalue weighted by atomic mass is 13.9. The lowest BCUT2D eigenvalue weighted by atomic mass is 10.1. The Morgan fingerprint density at radius 3 is 1.58 bits per heavy atom. The third-order valence-corrected chi connectivity index (χ3v) is 1.89. The molecule has 1 aliphatic rings. The highest BCUT2D eigenvalue weighted by molar-refractivity contribution is 5.37. The van der Waals surface area contributed by atoms with E-state index in [1.54, 1.807) is 0 Å². The minimum atomic E-state index is 0. The van der Waals surface area contributed by atoms with E-state index >= 15 is 0 Å². The molecule has 0 heteroatoms. The smallest absolute Gasteiger partial charge is 0.0227 e. The number of fused-ring (bicyclic) bond motifs is 1. The standard InChI is InChI=1S/C10H10.2CH4/c1-2-6-10-8-4-3-7-9(10)5-1;;/h1-2,5-8H,3-4H2;2*1H4. The lowest BCUT2D eigenvalue weighted by molar-refractivity contribution is 1.12. The van der Waals surface area contributed by atoms with Crippen molar-refractivity contribution in [2.45, 2.75) is 27.7 Å². The molecule has 0 bridgehead atoms. The van der Waals surface area contributed by atoms with E-state index < -0.39 is 0 Å². The Labute approximate surface area is 75.2 Å². The van der Waals surface area contributed by atoms with Crippen LogP contribution in [0.25, 0.3) is 12.2 Å². The first kappa shape index (κ1) is 11.0. The van der Waals surface area contributed by atoms with Crippen molar-refractivity contribution >= 4 is 12.2 Å². The van der Waals surface area contributed by atoms with Crippen LogP contribution in [0.3, 0.4) is 0 Å². The molecule has 2 rings (SSSR count). The van der Waals surface area contributed by atoms with Gasteiger partial charge in [-0.1, -0.05) is 51.3 Å². The van der Waals surface area contributed by atoms with Gasteiger partial charge in [-0.3, -0.25) is 0 Å². The summed E-state index contributed by atoms with van der Waals surface area (Å²) in [7, 11) is 0. The summed E-state index contributed by atoms with van der Waals surface area (Å²) in [5.41, 5.74) is 0. The van der Waals surface area contributed by atoms with Crippen molar-refractivity contribution in [3.63, 3.8) is 0 Å². The Morgan fingerprint density at radius 1 is 0.750 bits per heavy atom. The lowest BCUT2D eigenvalue weighted by Gasteiger charge is -1.96. The van der Waals surface area contributed by atoms with E-state index in [4.69, 9.17) is 0 Å².